The van der Waals surface area contributed by atoms with E-state index in [4.69, 9.17) is 5.73 Å². The van der Waals surface area contributed by atoms with E-state index in [1.165, 1.54) is 12.8 Å². The fourth-order valence-corrected chi connectivity index (χ4v) is 3.04. The Morgan fingerprint density at radius 3 is 2.57 bits per heavy atom. The summed E-state index contributed by atoms with van der Waals surface area (Å²) >= 11 is 0. The minimum Gasteiger partial charge on any atom is -0.350 e. The summed E-state index contributed by atoms with van der Waals surface area (Å²) < 4.78 is 0. The third kappa shape index (κ3) is 5.48. The lowest BCUT2D eigenvalue weighted by atomic mass is 9.93. The fourth-order valence-electron chi connectivity index (χ4n) is 3.04. The molecule has 0 aromatic heterocycles. The first kappa shape index (κ1) is 19.9. The van der Waals surface area contributed by atoms with E-state index in [1.54, 1.807) is 0 Å². The number of amides is 1. The highest BCUT2D eigenvalue weighted by atomic mass is 35.5. The highest BCUT2D eigenvalue weighted by Crippen LogP contribution is 2.23. The summed E-state index contributed by atoms with van der Waals surface area (Å²) in [5.74, 6) is 0.731. The molecule has 1 heterocycles. The molecule has 3 N–H and O–H groups in total. The lowest BCUT2D eigenvalue weighted by Crippen LogP contribution is -2.54. The number of hydrogen-bond donors (Lipinski definition) is 2. The second-order valence-corrected chi connectivity index (χ2v) is 7.09. The van der Waals surface area contributed by atoms with Crippen molar-refractivity contribution >= 4 is 18.3 Å². The number of hydrogen-bond acceptors (Lipinski definition) is 3. The number of piperidine rings is 1. The Morgan fingerprint density at radius 1 is 1.35 bits per heavy atom. The third-order valence-electron chi connectivity index (χ3n) is 4.65. The topological polar surface area (TPSA) is 58.4 Å². The Kier molecular flexibility index (Phi) is 7.52. The summed E-state index contributed by atoms with van der Waals surface area (Å²) in [7, 11) is 0. The number of nitrogens with two attached hydrogens (primary N) is 1. The van der Waals surface area contributed by atoms with Gasteiger partial charge in [0.05, 0.1) is 0 Å². The van der Waals surface area contributed by atoms with Crippen LogP contribution in [0.2, 0.25) is 0 Å². The molecular formula is C18H30ClN3O. The van der Waals surface area contributed by atoms with Gasteiger partial charge in [0.2, 0.25) is 0 Å². The van der Waals surface area contributed by atoms with Gasteiger partial charge in [0, 0.05) is 30.7 Å². The van der Waals surface area contributed by atoms with Gasteiger partial charge in [0.1, 0.15) is 0 Å². The molecule has 5 heteroatoms. The van der Waals surface area contributed by atoms with Crippen LogP contribution in [0.3, 0.4) is 0 Å². The molecule has 0 saturated carbocycles. The number of nitrogens with one attached hydrogen (secondary N) is 1. The zero-order chi connectivity index (χ0) is 16.2. The Morgan fingerprint density at radius 2 is 2.00 bits per heavy atom. The van der Waals surface area contributed by atoms with E-state index in [0.717, 1.165) is 24.6 Å². The van der Waals surface area contributed by atoms with E-state index in [-0.39, 0.29) is 23.9 Å². The van der Waals surface area contributed by atoms with Crippen molar-refractivity contribution in [1.82, 2.24) is 10.2 Å². The second-order valence-electron chi connectivity index (χ2n) is 7.09. The van der Waals surface area contributed by atoms with Crippen molar-refractivity contribution in [2.75, 3.05) is 19.6 Å². The Labute approximate surface area is 146 Å². The monoisotopic (exact) mass is 339 g/mol. The largest absolute Gasteiger partial charge is 0.350 e. The van der Waals surface area contributed by atoms with Gasteiger partial charge in [0.25, 0.3) is 5.91 Å². The molecule has 1 aliphatic rings. The van der Waals surface area contributed by atoms with Crippen LogP contribution in [0.25, 0.3) is 0 Å². The number of nitrogens with zero attached hydrogens (tertiary/aromatic N) is 1. The van der Waals surface area contributed by atoms with Crippen LogP contribution in [0.4, 0.5) is 0 Å². The molecule has 0 radical (unpaired) electrons. The van der Waals surface area contributed by atoms with Crippen molar-refractivity contribution in [1.29, 1.82) is 0 Å². The van der Waals surface area contributed by atoms with Crippen LogP contribution >= 0.6 is 12.4 Å². The second kappa shape index (κ2) is 8.67. The van der Waals surface area contributed by atoms with Gasteiger partial charge in [-0.2, -0.15) is 0 Å². The lowest BCUT2D eigenvalue weighted by molar-refractivity contribution is 0.0657. The molecule has 0 spiro atoms. The predicted molar refractivity (Wildman–Crippen MR) is 98.0 cm³/mol. The summed E-state index contributed by atoms with van der Waals surface area (Å²) in [4.78, 5) is 14.8. The van der Waals surface area contributed by atoms with E-state index < -0.39 is 0 Å². The van der Waals surface area contributed by atoms with Crippen molar-refractivity contribution in [2.45, 2.75) is 45.7 Å². The first-order valence-electron chi connectivity index (χ1n) is 8.24. The minimum atomic E-state index is -0.0124. The molecule has 130 valence electrons. The van der Waals surface area contributed by atoms with Crippen LogP contribution in [0.5, 0.6) is 0 Å². The highest BCUT2D eigenvalue weighted by Gasteiger charge is 2.30. The van der Waals surface area contributed by atoms with E-state index in [0.29, 0.717) is 18.7 Å². The molecule has 4 nitrogen and oxygen atoms in total. The molecule has 1 aliphatic heterocycles. The van der Waals surface area contributed by atoms with E-state index >= 15 is 0 Å². The normalized spacial score (nSPS) is 19.0. The van der Waals surface area contributed by atoms with Crippen molar-refractivity contribution in [3.05, 3.63) is 35.4 Å². The van der Waals surface area contributed by atoms with Gasteiger partial charge in [0.15, 0.2) is 0 Å². The average molecular weight is 340 g/mol. The highest BCUT2D eigenvalue weighted by molar-refractivity contribution is 5.94. The number of carbonyl (C=O) groups is 1. The molecule has 1 atom stereocenters. The molecule has 1 saturated heterocycles. The zero-order valence-corrected chi connectivity index (χ0v) is 15.3. The quantitative estimate of drug-likeness (QED) is 0.867. The maximum Gasteiger partial charge on any atom is 0.251 e. The Bertz CT molecular complexity index is 501. The summed E-state index contributed by atoms with van der Waals surface area (Å²) in [6.45, 7) is 10.1. The summed E-state index contributed by atoms with van der Waals surface area (Å²) in [6.07, 6.45) is 2.56. The van der Waals surface area contributed by atoms with E-state index in [1.807, 2.05) is 24.3 Å². The smallest absolute Gasteiger partial charge is 0.251 e. The maximum atomic E-state index is 12.3. The summed E-state index contributed by atoms with van der Waals surface area (Å²) in [6, 6.07) is 7.50. The summed E-state index contributed by atoms with van der Waals surface area (Å²) in [5, 5.41) is 3.08. The number of carbonyl (C=O) groups excluding carboxylic acids is 1. The SMILES string of the molecule is CC1CCCN(C(C)(C)CNC(=O)c2ccc(CN)cc2)C1.Cl. The van der Waals surface area contributed by atoms with Gasteiger partial charge in [-0.1, -0.05) is 19.1 Å². The standard InChI is InChI=1S/C18H29N3O.ClH/c1-14-5-4-10-21(12-14)18(2,3)13-20-17(22)16-8-6-15(11-19)7-9-16;/h6-9,14H,4-5,10-13,19H2,1-3H3,(H,20,22);1H. The van der Waals surface area contributed by atoms with Crippen LogP contribution < -0.4 is 11.1 Å². The van der Waals surface area contributed by atoms with Gasteiger partial charge in [-0.05, 0) is 56.8 Å². The fraction of sp³-hybridized carbons (Fsp3) is 0.611. The van der Waals surface area contributed by atoms with E-state index in [9.17, 15) is 4.79 Å². The number of benzene rings is 1. The molecule has 2 rings (SSSR count). The van der Waals surface area contributed by atoms with Crippen LogP contribution in [-0.2, 0) is 6.54 Å². The molecule has 0 bridgehead atoms. The average Bonchev–Trinajstić information content (AvgIpc) is 2.53. The van der Waals surface area contributed by atoms with Crippen molar-refractivity contribution in [3.63, 3.8) is 0 Å². The van der Waals surface area contributed by atoms with Gasteiger partial charge in [-0.25, -0.2) is 0 Å². The Hall–Kier alpha value is -1.10. The number of halogens is 1. The minimum absolute atomic E-state index is 0. The molecule has 1 aromatic carbocycles. The molecule has 23 heavy (non-hydrogen) atoms. The summed E-state index contributed by atoms with van der Waals surface area (Å²) in [5.41, 5.74) is 7.30. The third-order valence-corrected chi connectivity index (χ3v) is 4.65. The number of likely N-dealkylation sites (tertiary alicyclic amines) is 1. The first-order chi connectivity index (χ1) is 10.4. The molecule has 0 aliphatic carbocycles. The number of rotatable bonds is 5. The van der Waals surface area contributed by atoms with Crippen molar-refractivity contribution in [2.24, 2.45) is 11.7 Å². The van der Waals surface area contributed by atoms with Crippen molar-refractivity contribution in [3.8, 4) is 0 Å². The van der Waals surface area contributed by atoms with Gasteiger partial charge < -0.3 is 11.1 Å². The van der Waals surface area contributed by atoms with Gasteiger partial charge in [-0.15, -0.1) is 12.4 Å². The van der Waals surface area contributed by atoms with Crippen molar-refractivity contribution < 1.29 is 4.79 Å². The molecule has 1 unspecified atom stereocenters. The van der Waals surface area contributed by atoms with E-state index in [2.05, 4.69) is 31.0 Å². The van der Waals surface area contributed by atoms with Crippen LogP contribution in [0, 0.1) is 5.92 Å². The first-order valence-corrected chi connectivity index (χ1v) is 8.24. The lowest BCUT2D eigenvalue weighted by Gasteiger charge is -2.43. The zero-order valence-electron chi connectivity index (χ0n) is 14.5. The van der Waals surface area contributed by atoms with Gasteiger partial charge >= 0.3 is 0 Å². The van der Waals surface area contributed by atoms with Crippen LogP contribution in [0.1, 0.15) is 49.5 Å². The molecule has 1 fully saturated rings. The predicted octanol–water partition coefficient (Wildman–Crippen LogP) is 2.81. The van der Waals surface area contributed by atoms with Gasteiger partial charge in [-0.3, -0.25) is 9.69 Å². The van der Waals surface area contributed by atoms with Crippen LogP contribution in [0.15, 0.2) is 24.3 Å². The molecular weight excluding hydrogens is 310 g/mol. The molecule has 1 amide bonds. The maximum absolute atomic E-state index is 12.3. The molecule has 1 aromatic rings. The van der Waals surface area contributed by atoms with Crippen LogP contribution in [-0.4, -0.2) is 36.0 Å². The Balaban J connectivity index is 0.00000264.